The molecule has 27 heavy (non-hydrogen) atoms. The molecule has 2 N–H and O–H groups in total. The van der Waals surface area contributed by atoms with Crippen LogP contribution in [-0.2, 0) is 0 Å². The molecule has 1 amide bonds. The molecule has 4 rings (SSSR count). The number of hydrogen-bond donors (Lipinski definition) is 2. The third kappa shape index (κ3) is 4.24. The van der Waals surface area contributed by atoms with Gasteiger partial charge in [0.05, 0.1) is 36.7 Å². The van der Waals surface area contributed by atoms with Gasteiger partial charge in [-0.1, -0.05) is 23.7 Å². The number of aromatic nitrogens is 2. The molecular formula is C20H22ClN4OS+. The fraction of sp³-hybridized carbons (Fsp3) is 0.300. The second kappa shape index (κ2) is 8.25. The van der Waals surface area contributed by atoms with Crippen LogP contribution in [0.15, 0.2) is 47.8 Å². The van der Waals surface area contributed by atoms with Gasteiger partial charge in [-0.3, -0.25) is 4.79 Å². The Labute approximate surface area is 167 Å². The van der Waals surface area contributed by atoms with Gasteiger partial charge in [0, 0.05) is 17.9 Å². The second-order valence-electron chi connectivity index (χ2n) is 6.75. The molecule has 0 aliphatic carbocycles. The fourth-order valence-corrected chi connectivity index (χ4v) is 4.33. The lowest BCUT2D eigenvalue weighted by atomic mass is 10.2. The number of nitrogens with zero attached hydrogens (tertiary/aromatic N) is 2. The SMILES string of the molecule is O=C(NCC[NH+]1CCCC1)c1cc(-c2cccs2)nn1-c1cccc(Cl)c1. The zero-order chi connectivity index (χ0) is 18.6. The molecule has 0 spiro atoms. The minimum atomic E-state index is -0.108. The van der Waals surface area contributed by atoms with Gasteiger partial charge in [-0.25, -0.2) is 4.68 Å². The topological polar surface area (TPSA) is 51.4 Å². The van der Waals surface area contributed by atoms with Crippen LogP contribution in [0, 0.1) is 0 Å². The van der Waals surface area contributed by atoms with Crippen molar-refractivity contribution in [3.63, 3.8) is 0 Å². The third-order valence-electron chi connectivity index (χ3n) is 4.84. The zero-order valence-electron chi connectivity index (χ0n) is 15.0. The average Bonchev–Trinajstić information content (AvgIpc) is 3.42. The van der Waals surface area contributed by atoms with Gasteiger partial charge in [0.2, 0.25) is 0 Å². The number of carbonyl (C=O) groups excluding carboxylic acids is 1. The largest absolute Gasteiger partial charge is 0.345 e. The minimum absolute atomic E-state index is 0.108. The number of rotatable bonds is 6. The van der Waals surface area contributed by atoms with E-state index in [1.54, 1.807) is 20.9 Å². The zero-order valence-corrected chi connectivity index (χ0v) is 16.5. The lowest BCUT2D eigenvalue weighted by molar-refractivity contribution is -0.886. The number of quaternary nitrogens is 1. The van der Waals surface area contributed by atoms with E-state index in [0.29, 0.717) is 17.3 Å². The second-order valence-corrected chi connectivity index (χ2v) is 8.13. The van der Waals surface area contributed by atoms with Crippen molar-refractivity contribution in [3.8, 4) is 16.3 Å². The minimum Gasteiger partial charge on any atom is -0.345 e. The van der Waals surface area contributed by atoms with Gasteiger partial charge < -0.3 is 10.2 Å². The number of halogens is 1. The molecule has 0 saturated carbocycles. The Kier molecular flexibility index (Phi) is 5.57. The van der Waals surface area contributed by atoms with E-state index in [1.165, 1.54) is 25.9 Å². The number of carbonyl (C=O) groups is 1. The van der Waals surface area contributed by atoms with Crippen molar-refractivity contribution in [2.24, 2.45) is 0 Å². The smallest absolute Gasteiger partial charge is 0.270 e. The summed E-state index contributed by atoms with van der Waals surface area (Å²) in [5.74, 6) is -0.108. The summed E-state index contributed by atoms with van der Waals surface area (Å²) in [6.07, 6.45) is 2.57. The van der Waals surface area contributed by atoms with Gasteiger partial charge in [0.25, 0.3) is 5.91 Å². The first kappa shape index (κ1) is 18.2. The molecule has 1 aliphatic heterocycles. The van der Waals surface area contributed by atoms with Crippen LogP contribution in [-0.4, -0.2) is 41.9 Å². The molecule has 0 atom stereocenters. The summed E-state index contributed by atoms with van der Waals surface area (Å²) in [5, 5.41) is 10.4. The van der Waals surface area contributed by atoms with Crippen LogP contribution in [0.1, 0.15) is 23.3 Å². The van der Waals surface area contributed by atoms with Crippen molar-refractivity contribution in [2.45, 2.75) is 12.8 Å². The van der Waals surface area contributed by atoms with Gasteiger partial charge >= 0.3 is 0 Å². The van der Waals surface area contributed by atoms with Gasteiger partial charge in [-0.2, -0.15) is 5.10 Å². The molecule has 0 radical (unpaired) electrons. The monoisotopic (exact) mass is 401 g/mol. The van der Waals surface area contributed by atoms with Crippen molar-refractivity contribution in [2.75, 3.05) is 26.2 Å². The summed E-state index contributed by atoms with van der Waals surface area (Å²) in [6.45, 7) is 4.05. The Bertz CT molecular complexity index is 916. The molecule has 1 aliphatic rings. The number of nitrogens with one attached hydrogen (secondary N) is 2. The predicted molar refractivity (Wildman–Crippen MR) is 109 cm³/mol. The Morgan fingerprint density at radius 3 is 2.81 bits per heavy atom. The lowest BCUT2D eigenvalue weighted by Gasteiger charge is -2.13. The Morgan fingerprint density at radius 2 is 2.07 bits per heavy atom. The molecule has 1 saturated heterocycles. The van der Waals surface area contributed by atoms with E-state index in [2.05, 4.69) is 10.4 Å². The van der Waals surface area contributed by atoms with Crippen molar-refractivity contribution in [1.29, 1.82) is 0 Å². The molecule has 1 fully saturated rings. The van der Waals surface area contributed by atoms with Crippen LogP contribution in [0.3, 0.4) is 0 Å². The Hall–Kier alpha value is -2.15. The quantitative estimate of drug-likeness (QED) is 0.667. The summed E-state index contributed by atoms with van der Waals surface area (Å²) < 4.78 is 1.68. The average molecular weight is 402 g/mol. The number of hydrogen-bond acceptors (Lipinski definition) is 3. The predicted octanol–water partition coefficient (Wildman–Crippen LogP) is 2.66. The highest BCUT2D eigenvalue weighted by atomic mass is 35.5. The number of likely N-dealkylation sites (tertiary alicyclic amines) is 1. The number of benzene rings is 1. The maximum Gasteiger partial charge on any atom is 0.270 e. The summed E-state index contributed by atoms with van der Waals surface area (Å²) in [6, 6.07) is 13.2. The highest BCUT2D eigenvalue weighted by Gasteiger charge is 2.19. The normalized spacial score (nSPS) is 14.6. The van der Waals surface area contributed by atoms with E-state index < -0.39 is 0 Å². The Balaban J connectivity index is 1.58. The van der Waals surface area contributed by atoms with Gasteiger partial charge in [0.15, 0.2) is 0 Å². The van der Waals surface area contributed by atoms with Crippen LogP contribution in [0.25, 0.3) is 16.3 Å². The number of thiophene rings is 1. The van der Waals surface area contributed by atoms with Crippen LogP contribution in [0.4, 0.5) is 0 Å². The maximum atomic E-state index is 12.9. The van der Waals surface area contributed by atoms with E-state index in [4.69, 9.17) is 11.6 Å². The molecule has 7 heteroatoms. The van der Waals surface area contributed by atoms with Crippen molar-refractivity contribution in [3.05, 3.63) is 58.6 Å². The molecule has 3 heterocycles. The van der Waals surface area contributed by atoms with Gasteiger partial charge in [-0.15, -0.1) is 11.3 Å². The fourth-order valence-electron chi connectivity index (χ4n) is 3.46. The molecular weight excluding hydrogens is 380 g/mol. The third-order valence-corrected chi connectivity index (χ3v) is 5.97. The maximum absolute atomic E-state index is 12.9. The summed E-state index contributed by atoms with van der Waals surface area (Å²) in [7, 11) is 0. The molecule has 2 aromatic heterocycles. The first-order valence-electron chi connectivity index (χ1n) is 9.22. The molecule has 1 aromatic carbocycles. The van der Waals surface area contributed by atoms with Crippen LogP contribution in [0.5, 0.6) is 0 Å². The molecule has 3 aromatic rings. The summed E-state index contributed by atoms with van der Waals surface area (Å²) in [4.78, 5) is 15.5. The van der Waals surface area contributed by atoms with Crippen LogP contribution >= 0.6 is 22.9 Å². The van der Waals surface area contributed by atoms with Gasteiger partial charge in [0.1, 0.15) is 11.4 Å². The highest BCUT2D eigenvalue weighted by molar-refractivity contribution is 7.13. The van der Waals surface area contributed by atoms with E-state index in [1.807, 2.05) is 47.8 Å². The first-order chi connectivity index (χ1) is 13.2. The highest BCUT2D eigenvalue weighted by Crippen LogP contribution is 2.26. The van der Waals surface area contributed by atoms with E-state index >= 15 is 0 Å². The van der Waals surface area contributed by atoms with Gasteiger partial charge in [-0.05, 0) is 35.7 Å². The van der Waals surface area contributed by atoms with Crippen molar-refractivity contribution in [1.82, 2.24) is 15.1 Å². The van der Waals surface area contributed by atoms with E-state index in [-0.39, 0.29) is 5.91 Å². The first-order valence-corrected chi connectivity index (χ1v) is 10.5. The van der Waals surface area contributed by atoms with Crippen molar-refractivity contribution < 1.29 is 9.69 Å². The lowest BCUT2D eigenvalue weighted by Crippen LogP contribution is -3.10. The van der Waals surface area contributed by atoms with Crippen LogP contribution in [0.2, 0.25) is 5.02 Å². The molecule has 5 nitrogen and oxygen atoms in total. The summed E-state index contributed by atoms with van der Waals surface area (Å²) in [5.41, 5.74) is 2.10. The number of amides is 1. The van der Waals surface area contributed by atoms with Crippen molar-refractivity contribution >= 4 is 28.8 Å². The molecule has 140 valence electrons. The molecule has 0 bridgehead atoms. The Morgan fingerprint density at radius 1 is 1.22 bits per heavy atom. The molecule has 0 unspecified atom stereocenters. The van der Waals surface area contributed by atoms with E-state index in [0.717, 1.165) is 22.8 Å². The summed E-state index contributed by atoms with van der Waals surface area (Å²) >= 11 is 7.75. The van der Waals surface area contributed by atoms with E-state index in [9.17, 15) is 4.79 Å². The standard InChI is InChI=1S/C20H21ClN4OS/c21-15-5-3-6-16(13-15)25-18(14-17(23-25)19-7-4-12-27-19)20(26)22-8-11-24-9-1-2-10-24/h3-7,12-14H,1-2,8-11H2,(H,22,26)/p+1. The van der Waals surface area contributed by atoms with Crippen LogP contribution < -0.4 is 10.2 Å².